The van der Waals surface area contributed by atoms with Crippen LogP contribution in [0, 0.1) is 17.2 Å². The van der Waals surface area contributed by atoms with Gasteiger partial charge in [0.1, 0.15) is 5.92 Å². The molecule has 0 aromatic carbocycles. The van der Waals surface area contributed by atoms with Gasteiger partial charge in [0.15, 0.2) is 0 Å². The van der Waals surface area contributed by atoms with Crippen LogP contribution in [-0.2, 0) is 18.3 Å². The van der Waals surface area contributed by atoms with Crippen LogP contribution in [0.15, 0.2) is 12.4 Å². The highest BCUT2D eigenvalue weighted by Crippen LogP contribution is 1.97. The fraction of sp³-hybridized carbons (Fsp3) is 0.500. The number of rotatable bonds is 4. The third kappa shape index (κ3) is 3.43. The number of aromatic nitrogens is 2. The maximum atomic E-state index is 11.2. The SMILES string of the molecule is CC(C#N)C(=O)NCCc1cnn(C)c1. The minimum absolute atomic E-state index is 0.221. The van der Waals surface area contributed by atoms with E-state index in [0.717, 1.165) is 12.0 Å². The van der Waals surface area contributed by atoms with Crippen molar-refractivity contribution in [3.8, 4) is 6.07 Å². The van der Waals surface area contributed by atoms with Gasteiger partial charge in [0.05, 0.1) is 12.3 Å². The first-order chi connectivity index (χ1) is 7.13. The topological polar surface area (TPSA) is 70.7 Å². The number of aryl methyl sites for hydroxylation is 1. The number of hydrogen-bond donors (Lipinski definition) is 1. The zero-order chi connectivity index (χ0) is 11.3. The third-order valence-electron chi connectivity index (χ3n) is 2.06. The maximum absolute atomic E-state index is 11.2. The maximum Gasteiger partial charge on any atom is 0.237 e. The Balaban J connectivity index is 2.28. The molecule has 5 nitrogen and oxygen atoms in total. The Labute approximate surface area is 88.7 Å². The molecule has 1 rings (SSSR count). The quantitative estimate of drug-likeness (QED) is 0.767. The van der Waals surface area contributed by atoms with Gasteiger partial charge in [0.25, 0.3) is 0 Å². The second kappa shape index (κ2) is 5.15. The molecule has 1 heterocycles. The molecule has 0 aliphatic carbocycles. The molecule has 5 heteroatoms. The molecular weight excluding hydrogens is 192 g/mol. The van der Waals surface area contributed by atoms with Crippen LogP contribution in [0.5, 0.6) is 0 Å². The predicted octanol–water partition coefficient (Wildman–Crippen LogP) is 0.238. The molecule has 0 aliphatic rings. The molecule has 1 unspecified atom stereocenters. The number of carbonyl (C=O) groups excluding carboxylic acids is 1. The second-order valence-electron chi connectivity index (χ2n) is 3.41. The Morgan fingerprint density at radius 3 is 3.07 bits per heavy atom. The highest BCUT2D eigenvalue weighted by molar-refractivity contribution is 5.80. The average molecular weight is 206 g/mol. The lowest BCUT2D eigenvalue weighted by Gasteiger charge is -2.04. The molecule has 0 radical (unpaired) electrons. The lowest BCUT2D eigenvalue weighted by atomic mass is 10.2. The van der Waals surface area contributed by atoms with E-state index in [1.165, 1.54) is 0 Å². The standard InChI is InChI=1S/C10H14N4O/c1-8(5-11)10(15)12-4-3-9-6-13-14(2)7-9/h6-8H,3-4H2,1-2H3,(H,12,15). The lowest BCUT2D eigenvalue weighted by Crippen LogP contribution is -2.30. The van der Waals surface area contributed by atoms with Crippen LogP contribution >= 0.6 is 0 Å². The predicted molar refractivity (Wildman–Crippen MR) is 54.7 cm³/mol. The van der Waals surface area contributed by atoms with E-state index in [2.05, 4.69) is 10.4 Å². The van der Waals surface area contributed by atoms with Gasteiger partial charge in [-0.05, 0) is 18.9 Å². The molecule has 1 amide bonds. The van der Waals surface area contributed by atoms with E-state index in [9.17, 15) is 4.79 Å². The summed E-state index contributed by atoms with van der Waals surface area (Å²) >= 11 is 0. The molecule has 0 spiro atoms. The molecule has 0 saturated heterocycles. The van der Waals surface area contributed by atoms with Gasteiger partial charge in [-0.3, -0.25) is 9.48 Å². The van der Waals surface area contributed by atoms with Crippen molar-refractivity contribution in [1.29, 1.82) is 5.26 Å². The smallest absolute Gasteiger partial charge is 0.237 e. The molecule has 1 aromatic rings. The number of nitrogens with zero attached hydrogens (tertiary/aromatic N) is 3. The van der Waals surface area contributed by atoms with Crippen LogP contribution in [0.4, 0.5) is 0 Å². The summed E-state index contributed by atoms with van der Waals surface area (Å²) in [5.74, 6) is -0.805. The van der Waals surface area contributed by atoms with Crippen molar-refractivity contribution in [2.45, 2.75) is 13.3 Å². The van der Waals surface area contributed by atoms with E-state index in [1.807, 2.05) is 19.3 Å². The van der Waals surface area contributed by atoms with Gasteiger partial charge in [0, 0.05) is 19.8 Å². The largest absolute Gasteiger partial charge is 0.355 e. The van der Waals surface area contributed by atoms with Crippen LogP contribution in [0.1, 0.15) is 12.5 Å². The van der Waals surface area contributed by atoms with E-state index >= 15 is 0 Å². The van der Waals surface area contributed by atoms with Crippen LogP contribution in [0.3, 0.4) is 0 Å². The van der Waals surface area contributed by atoms with Gasteiger partial charge in [-0.2, -0.15) is 10.4 Å². The monoisotopic (exact) mass is 206 g/mol. The second-order valence-corrected chi connectivity index (χ2v) is 3.41. The highest BCUT2D eigenvalue weighted by atomic mass is 16.1. The van der Waals surface area contributed by atoms with Crippen molar-refractivity contribution in [1.82, 2.24) is 15.1 Å². The van der Waals surface area contributed by atoms with E-state index in [1.54, 1.807) is 17.8 Å². The zero-order valence-electron chi connectivity index (χ0n) is 8.90. The number of hydrogen-bond acceptors (Lipinski definition) is 3. The number of nitrogens with one attached hydrogen (secondary N) is 1. The summed E-state index contributed by atoms with van der Waals surface area (Å²) in [6.07, 6.45) is 4.40. The first kappa shape index (κ1) is 11.2. The van der Waals surface area contributed by atoms with E-state index in [-0.39, 0.29) is 5.91 Å². The number of amides is 1. The molecule has 0 bridgehead atoms. The average Bonchev–Trinajstić information content (AvgIpc) is 2.63. The molecule has 0 saturated carbocycles. The molecule has 1 aromatic heterocycles. The van der Waals surface area contributed by atoms with Gasteiger partial charge in [0.2, 0.25) is 5.91 Å². The zero-order valence-corrected chi connectivity index (χ0v) is 8.90. The first-order valence-electron chi connectivity index (χ1n) is 4.78. The van der Waals surface area contributed by atoms with E-state index < -0.39 is 5.92 Å². The fourth-order valence-electron chi connectivity index (χ4n) is 1.14. The third-order valence-corrected chi connectivity index (χ3v) is 2.06. The molecule has 1 N–H and O–H groups in total. The van der Waals surface area contributed by atoms with Gasteiger partial charge in [-0.25, -0.2) is 0 Å². The van der Waals surface area contributed by atoms with Crippen molar-refractivity contribution in [3.63, 3.8) is 0 Å². The summed E-state index contributed by atoms with van der Waals surface area (Å²) < 4.78 is 1.72. The van der Waals surface area contributed by atoms with Crippen molar-refractivity contribution < 1.29 is 4.79 Å². The van der Waals surface area contributed by atoms with Crippen molar-refractivity contribution >= 4 is 5.91 Å². The molecule has 0 fully saturated rings. The summed E-state index contributed by atoms with van der Waals surface area (Å²) in [5.41, 5.74) is 1.07. The Bertz CT molecular complexity index is 377. The Hall–Kier alpha value is -1.83. The normalized spacial score (nSPS) is 11.8. The highest BCUT2D eigenvalue weighted by Gasteiger charge is 2.10. The Kier molecular flexibility index (Phi) is 3.86. The molecular formula is C10H14N4O. The van der Waals surface area contributed by atoms with Crippen molar-refractivity contribution in [2.75, 3.05) is 6.54 Å². The molecule has 80 valence electrons. The molecule has 15 heavy (non-hydrogen) atoms. The minimum Gasteiger partial charge on any atom is -0.355 e. The number of nitriles is 1. The Morgan fingerprint density at radius 1 is 1.80 bits per heavy atom. The Morgan fingerprint density at radius 2 is 2.53 bits per heavy atom. The number of carbonyl (C=O) groups is 1. The van der Waals surface area contributed by atoms with E-state index in [4.69, 9.17) is 5.26 Å². The summed E-state index contributed by atoms with van der Waals surface area (Å²) in [4.78, 5) is 11.2. The van der Waals surface area contributed by atoms with Gasteiger partial charge >= 0.3 is 0 Å². The summed E-state index contributed by atoms with van der Waals surface area (Å²) in [7, 11) is 1.85. The summed E-state index contributed by atoms with van der Waals surface area (Å²) in [6.45, 7) is 2.12. The minimum atomic E-state index is -0.584. The van der Waals surface area contributed by atoms with Gasteiger partial charge < -0.3 is 5.32 Å². The van der Waals surface area contributed by atoms with Crippen LogP contribution in [0.2, 0.25) is 0 Å². The molecule has 0 aliphatic heterocycles. The lowest BCUT2D eigenvalue weighted by molar-refractivity contribution is -0.122. The van der Waals surface area contributed by atoms with Crippen molar-refractivity contribution in [2.24, 2.45) is 13.0 Å². The van der Waals surface area contributed by atoms with Gasteiger partial charge in [-0.15, -0.1) is 0 Å². The first-order valence-corrected chi connectivity index (χ1v) is 4.78. The van der Waals surface area contributed by atoms with Gasteiger partial charge in [-0.1, -0.05) is 0 Å². The summed E-state index contributed by atoms with van der Waals surface area (Å²) in [5, 5.41) is 15.2. The van der Waals surface area contributed by atoms with Crippen LogP contribution < -0.4 is 5.32 Å². The van der Waals surface area contributed by atoms with Crippen molar-refractivity contribution in [3.05, 3.63) is 18.0 Å². The fourth-order valence-corrected chi connectivity index (χ4v) is 1.14. The van der Waals surface area contributed by atoms with E-state index in [0.29, 0.717) is 6.54 Å². The summed E-state index contributed by atoms with van der Waals surface area (Å²) in [6, 6.07) is 1.89. The molecule has 1 atom stereocenters. The van der Waals surface area contributed by atoms with Crippen LogP contribution in [0.25, 0.3) is 0 Å². The van der Waals surface area contributed by atoms with Crippen LogP contribution in [-0.4, -0.2) is 22.2 Å².